The summed E-state index contributed by atoms with van der Waals surface area (Å²) in [6, 6.07) is 9.53. The van der Waals surface area contributed by atoms with Crippen LogP contribution < -0.4 is 9.47 Å². The molecule has 0 aliphatic carbocycles. The van der Waals surface area contributed by atoms with Crippen molar-refractivity contribution in [3.63, 3.8) is 0 Å². The Bertz CT molecular complexity index is 1230. The van der Waals surface area contributed by atoms with Crippen molar-refractivity contribution in [2.24, 2.45) is 0 Å². The first-order valence-electron chi connectivity index (χ1n) is 9.64. The molecular formula is C20H21N3O6S2. The van der Waals surface area contributed by atoms with Crippen LogP contribution in [0.4, 0.5) is 5.69 Å². The maximum Gasteiger partial charge on any atom is 0.274 e. The molecule has 0 saturated carbocycles. The molecule has 1 aromatic heterocycles. The van der Waals surface area contributed by atoms with Gasteiger partial charge in [-0.05, 0) is 37.5 Å². The SMILES string of the molecule is COc1ccc2sc(OC3CCN(S(=O)(=O)c4cc([N+](=O)[O-])ccc4C)CC3)nc2c1. The van der Waals surface area contributed by atoms with E-state index < -0.39 is 14.9 Å². The second-order valence-electron chi connectivity index (χ2n) is 7.24. The van der Waals surface area contributed by atoms with E-state index in [1.807, 2.05) is 18.2 Å². The number of piperidine rings is 1. The maximum atomic E-state index is 13.1. The fraction of sp³-hybridized carbons (Fsp3) is 0.350. The molecule has 4 rings (SSSR count). The Morgan fingerprint density at radius 2 is 1.94 bits per heavy atom. The fourth-order valence-electron chi connectivity index (χ4n) is 3.52. The number of nitro benzene ring substituents is 1. The van der Waals surface area contributed by atoms with Crippen molar-refractivity contribution in [2.75, 3.05) is 20.2 Å². The minimum absolute atomic E-state index is 0.0267. The second-order valence-corrected chi connectivity index (χ2v) is 10.1. The number of benzene rings is 2. The molecule has 3 aromatic rings. The van der Waals surface area contributed by atoms with Gasteiger partial charge in [0.1, 0.15) is 11.9 Å². The Kier molecular flexibility index (Phi) is 5.82. The summed E-state index contributed by atoms with van der Waals surface area (Å²) in [4.78, 5) is 14.9. The molecule has 2 heterocycles. The quantitative estimate of drug-likeness (QED) is 0.404. The molecule has 0 unspecified atom stereocenters. The first kappa shape index (κ1) is 21.5. The number of aromatic nitrogens is 1. The monoisotopic (exact) mass is 463 g/mol. The first-order chi connectivity index (χ1) is 14.8. The topological polar surface area (TPSA) is 112 Å². The third-order valence-corrected chi connectivity index (χ3v) is 8.21. The molecule has 0 amide bonds. The number of thiazole rings is 1. The van der Waals surface area contributed by atoms with Crippen molar-refractivity contribution >= 4 is 37.3 Å². The van der Waals surface area contributed by atoms with Gasteiger partial charge in [0.2, 0.25) is 10.0 Å². The van der Waals surface area contributed by atoms with E-state index in [2.05, 4.69) is 4.98 Å². The fourth-order valence-corrected chi connectivity index (χ4v) is 6.09. The van der Waals surface area contributed by atoms with Crippen LogP contribution in [0.25, 0.3) is 10.2 Å². The lowest BCUT2D eigenvalue weighted by Crippen LogP contribution is -2.41. The number of hydrogen-bond acceptors (Lipinski definition) is 8. The van der Waals surface area contributed by atoms with Crippen LogP contribution in [0, 0.1) is 17.0 Å². The van der Waals surface area contributed by atoms with Crippen LogP contribution in [0.2, 0.25) is 0 Å². The first-order valence-corrected chi connectivity index (χ1v) is 11.9. The van der Waals surface area contributed by atoms with E-state index in [1.165, 1.54) is 27.8 Å². The van der Waals surface area contributed by atoms with Crippen LogP contribution in [0.5, 0.6) is 10.9 Å². The van der Waals surface area contributed by atoms with Crippen molar-refractivity contribution in [2.45, 2.75) is 30.8 Å². The summed E-state index contributed by atoms with van der Waals surface area (Å²) < 4.78 is 39.7. The van der Waals surface area contributed by atoms with Crippen LogP contribution >= 0.6 is 11.3 Å². The summed E-state index contributed by atoms with van der Waals surface area (Å²) in [7, 11) is -2.23. The number of hydrogen-bond donors (Lipinski definition) is 0. The standard InChI is InChI=1S/C20H21N3O6S2/c1-13-3-4-14(23(24)25)11-19(13)31(26,27)22-9-7-15(8-10-22)29-20-21-17-12-16(28-2)5-6-18(17)30-20/h3-6,11-12,15H,7-10H2,1-2H3. The minimum Gasteiger partial charge on any atom is -0.497 e. The third-order valence-electron chi connectivity index (χ3n) is 5.24. The van der Waals surface area contributed by atoms with Gasteiger partial charge < -0.3 is 9.47 Å². The lowest BCUT2D eigenvalue weighted by atomic mass is 10.1. The molecule has 31 heavy (non-hydrogen) atoms. The molecule has 0 bridgehead atoms. The predicted octanol–water partition coefficient (Wildman–Crippen LogP) is 3.75. The summed E-state index contributed by atoms with van der Waals surface area (Å²) in [5, 5.41) is 11.6. The number of methoxy groups -OCH3 is 1. The normalized spacial score (nSPS) is 15.8. The number of fused-ring (bicyclic) bond motifs is 1. The third kappa shape index (κ3) is 4.34. The van der Waals surface area contributed by atoms with Crippen molar-refractivity contribution in [3.05, 3.63) is 52.1 Å². The van der Waals surface area contributed by atoms with E-state index in [0.717, 1.165) is 22.0 Å². The summed E-state index contributed by atoms with van der Waals surface area (Å²) in [6.07, 6.45) is 0.860. The molecule has 164 valence electrons. The zero-order valence-corrected chi connectivity index (χ0v) is 18.6. The average molecular weight is 464 g/mol. The van der Waals surface area contributed by atoms with E-state index >= 15 is 0 Å². The number of nitrogens with zero attached hydrogens (tertiary/aromatic N) is 3. The van der Waals surface area contributed by atoms with E-state index in [4.69, 9.17) is 9.47 Å². The van der Waals surface area contributed by atoms with Crippen LogP contribution in [-0.2, 0) is 10.0 Å². The summed E-state index contributed by atoms with van der Waals surface area (Å²) >= 11 is 1.43. The molecule has 1 saturated heterocycles. The predicted molar refractivity (Wildman–Crippen MR) is 116 cm³/mol. The largest absolute Gasteiger partial charge is 0.497 e. The zero-order valence-electron chi connectivity index (χ0n) is 17.0. The smallest absolute Gasteiger partial charge is 0.274 e. The van der Waals surface area contributed by atoms with Gasteiger partial charge in [0.05, 0.1) is 27.1 Å². The molecule has 1 aliphatic heterocycles. The maximum absolute atomic E-state index is 13.1. The molecule has 9 nitrogen and oxygen atoms in total. The molecule has 0 spiro atoms. The summed E-state index contributed by atoms with van der Waals surface area (Å²) in [5.74, 6) is 0.722. The Hall–Kier alpha value is -2.76. The van der Waals surface area contributed by atoms with Gasteiger partial charge in [-0.1, -0.05) is 17.4 Å². The van der Waals surface area contributed by atoms with Gasteiger partial charge in [0, 0.05) is 31.3 Å². The van der Waals surface area contributed by atoms with Crippen molar-refractivity contribution in [1.82, 2.24) is 9.29 Å². The van der Waals surface area contributed by atoms with Gasteiger partial charge >= 0.3 is 0 Å². The van der Waals surface area contributed by atoms with Crippen LogP contribution in [0.15, 0.2) is 41.3 Å². The number of aryl methyl sites for hydroxylation is 1. The van der Waals surface area contributed by atoms with Gasteiger partial charge in [-0.2, -0.15) is 4.31 Å². The minimum atomic E-state index is -3.83. The Morgan fingerprint density at radius 3 is 2.61 bits per heavy atom. The molecule has 0 radical (unpaired) electrons. The molecule has 1 fully saturated rings. The number of sulfonamides is 1. The highest BCUT2D eigenvalue weighted by Gasteiger charge is 2.32. The number of non-ortho nitro benzene ring substituents is 1. The second kappa shape index (κ2) is 8.40. The van der Waals surface area contributed by atoms with E-state index in [-0.39, 0.29) is 29.8 Å². The number of rotatable bonds is 6. The van der Waals surface area contributed by atoms with Gasteiger partial charge in [-0.15, -0.1) is 0 Å². The Morgan fingerprint density at radius 1 is 1.19 bits per heavy atom. The molecule has 11 heteroatoms. The van der Waals surface area contributed by atoms with Crippen molar-refractivity contribution < 1.29 is 22.8 Å². The summed E-state index contributed by atoms with van der Waals surface area (Å²) in [6.45, 7) is 2.18. The molecular weight excluding hydrogens is 442 g/mol. The van der Waals surface area contributed by atoms with Crippen LogP contribution in [0.1, 0.15) is 18.4 Å². The Labute approximate surface area is 183 Å². The van der Waals surface area contributed by atoms with Crippen LogP contribution in [0.3, 0.4) is 0 Å². The van der Waals surface area contributed by atoms with Crippen molar-refractivity contribution in [3.8, 4) is 10.9 Å². The lowest BCUT2D eigenvalue weighted by Gasteiger charge is -2.31. The Balaban J connectivity index is 1.45. The zero-order chi connectivity index (χ0) is 22.2. The van der Waals surface area contributed by atoms with Crippen molar-refractivity contribution in [1.29, 1.82) is 0 Å². The molecule has 1 aliphatic rings. The molecule has 2 aromatic carbocycles. The summed E-state index contributed by atoms with van der Waals surface area (Å²) in [5.41, 5.74) is 1.03. The van der Waals surface area contributed by atoms with Gasteiger partial charge in [0.15, 0.2) is 0 Å². The average Bonchev–Trinajstić information content (AvgIpc) is 3.15. The highest BCUT2D eigenvalue weighted by molar-refractivity contribution is 7.89. The highest BCUT2D eigenvalue weighted by atomic mass is 32.2. The van der Waals surface area contributed by atoms with E-state index in [9.17, 15) is 18.5 Å². The van der Waals surface area contributed by atoms with Gasteiger partial charge in [0.25, 0.3) is 10.9 Å². The van der Waals surface area contributed by atoms with E-state index in [0.29, 0.717) is 23.6 Å². The van der Waals surface area contributed by atoms with Crippen LogP contribution in [-0.4, -0.2) is 48.9 Å². The number of ether oxygens (including phenoxy) is 2. The molecule has 0 N–H and O–H groups in total. The van der Waals surface area contributed by atoms with Gasteiger partial charge in [-0.3, -0.25) is 10.1 Å². The lowest BCUT2D eigenvalue weighted by molar-refractivity contribution is -0.385. The highest BCUT2D eigenvalue weighted by Crippen LogP contribution is 2.33. The number of nitro groups is 1. The van der Waals surface area contributed by atoms with Gasteiger partial charge in [-0.25, -0.2) is 13.4 Å². The molecule has 0 atom stereocenters. The van der Waals surface area contributed by atoms with E-state index in [1.54, 1.807) is 14.0 Å².